The lowest BCUT2D eigenvalue weighted by atomic mass is 9.99. The molecule has 0 atom stereocenters. The average molecular weight is 399 g/mol. The predicted octanol–water partition coefficient (Wildman–Crippen LogP) is 5.72. The standard InChI is InChI=1S/C25H22N2OS/c1-3-22-23(19-14-8-5-9-15-19)27(2)25(29-22)26-24(28)21-17-11-10-16-20(21)18-12-6-4-7-13-18/h4-17H,3H2,1-2H3. The molecule has 0 saturated carbocycles. The lowest BCUT2D eigenvalue weighted by Gasteiger charge is -2.07. The number of aryl methyl sites for hydroxylation is 1. The molecule has 0 unspecified atom stereocenters. The summed E-state index contributed by atoms with van der Waals surface area (Å²) >= 11 is 1.58. The van der Waals surface area contributed by atoms with E-state index in [1.807, 2.05) is 84.4 Å². The van der Waals surface area contributed by atoms with Crippen LogP contribution in [0.25, 0.3) is 22.4 Å². The summed E-state index contributed by atoms with van der Waals surface area (Å²) in [5, 5.41) is 0. The van der Waals surface area contributed by atoms with Crippen molar-refractivity contribution >= 4 is 17.2 Å². The first-order chi connectivity index (χ1) is 14.2. The molecule has 0 aliphatic carbocycles. The highest BCUT2D eigenvalue weighted by atomic mass is 32.1. The third-order valence-electron chi connectivity index (χ3n) is 4.91. The number of benzene rings is 3. The van der Waals surface area contributed by atoms with Gasteiger partial charge >= 0.3 is 0 Å². The predicted molar refractivity (Wildman–Crippen MR) is 120 cm³/mol. The molecule has 0 aliphatic rings. The van der Waals surface area contributed by atoms with Gasteiger partial charge in [-0.3, -0.25) is 4.79 Å². The first kappa shape index (κ1) is 19.1. The minimum atomic E-state index is -0.219. The Morgan fingerprint density at radius 3 is 2.10 bits per heavy atom. The van der Waals surface area contributed by atoms with E-state index in [0.717, 1.165) is 28.8 Å². The Kier molecular flexibility index (Phi) is 5.54. The zero-order chi connectivity index (χ0) is 20.2. The lowest BCUT2D eigenvalue weighted by molar-refractivity contribution is 0.0998. The van der Waals surface area contributed by atoms with Crippen LogP contribution in [0.5, 0.6) is 0 Å². The molecule has 4 heteroatoms. The molecule has 3 aromatic carbocycles. The van der Waals surface area contributed by atoms with E-state index < -0.39 is 0 Å². The highest BCUT2D eigenvalue weighted by molar-refractivity contribution is 7.09. The minimum Gasteiger partial charge on any atom is -0.319 e. The van der Waals surface area contributed by atoms with Gasteiger partial charge in [0.05, 0.1) is 5.69 Å². The van der Waals surface area contributed by atoms with E-state index in [0.29, 0.717) is 10.4 Å². The van der Waals surface area contributed by atoms with Gasteiger partial charge < -0.3 is 4.57 Å². The fraction of sp³-hybridized carbons (Fsp3) is 0.120. The van der Waals surface area contributed by atoms with Crippen LogP contribution in [-0.4, -0.2) is 10.5 Å². The number of carbonyl (C=O) groups is 1. The van der Waals surface area contributed by atoms with Gasteiger partial charge in [0.15, 0.2) is 4.80 Å². The van der Waals surface area contributed by atoms with Crippen LogP contribution in [0.2, 0.25) is 0 Å². The Hall–Kier alpha value is -3.24. The zero-order valence-electron chi connectivity index (χ0n) is 16.5. The third kappa shape index (κ3) is 3.84. The van der Waals surface area contributed by atoms with Crippen molar-refractivity contribution in [1.29, 1.82) is 0 Å². The van der Waals surface area contributed by atoms with Crippen molar-refractivity contribution in [3.05, 3.63) is 100 Å². The molecule has 29 heavy (non-hydrogen) atoms. The van der Waals surface area contributed by atoms with Crippen LogP contribution in [0.4, 0.5) is 0 Å². The summed E-state index contributed by atoms with van der Waals surface area (Å²) in [5.74, 6) is -0.219. The molecule has 0 radical (unpaired) electrons. The number of nitrogens with zero attached hydrogens (tertiary/aromatic N) is 2. The molecule has 1 aromatic heterocycles. The van der Waals surface area contributed by atoms with Crippen molar-refractivity contribution in [2.45, 2.75) is 13.3 Å². The highest BCUT2D eigenvalue weighted by Gasteiger charge is 2.15. The fourth-order valence-corrected chi connectivity index (χ4v) is 4.56. The summed E-state index contributed by atoms with van der Waals surface area (Å²) in [5.41, 5.74) is 4.80. The minimum absolute atomic E-state index is 0.219. The number of thiazole rings is 1. The second-order valence-electron chi connectivity index (χ2n) is 6.76. The van der Waals surface area contributed by atoms with E-state index in [9.17, 15) is 4.79 Å². The molecule has 3 nitrogen and oxygen atoms in total. The summed E-state index contributed by atoms with van der Waals surface area (Å²) in [6, 6.07) is 27.9. The number of rotatable bonds is 4. The SMILES string of the molecule is CCc1sc(=NC(=O)c2ccccc2-c2ccccc2)n(C)c1-c1ccccc1. The largest absolute Gasteiger partial charge is 0.319 e. The van der Waals surface area contributed by atoms with E-state index in [1.54, 1.807) is 11.3 Å². The summed E-state index contributed by atoms with van der Waals surface area (Å²) < 4.78 is 2.03. The van der Waals surface area contributed by atoms with Gasteiger partial charge in [-0.05, 0) is 29.2 Å². The molecule has 1 heterocycles. The second-order valence-corrected chi connectivity index (χ2v) is 7.83. The van der Waals surface area contributed by atoms with Gasteiger partial charge in [0.1, 0.15) is 0 Å². The molecule has 4 rings (SSSR count). The normalized spacial score (nSPS) is 11.6. The van der Waals surface area contributed by atoms with E-state index in [1.165, 1.54) is 4.88 Å². The summed E-state index contributed by atoms with van der Waals surface area (Å²) in [7, 11) is 1.98. The van der Waals surface area contributed by atoms with Gasteiger partial charge in [0, 0.05) is 17.5 Å². The number of hydrogen-bond donors (Lipinski definition) is 0. The molecule has 0 N–H and O–H groups in total. The molecular weight excluding hydrogens is 376 g/mol. The molecule has 4 aromatic rings. The van der Waals surface area contributed by atoms with Gasteiger partial charge in [0.2, 0.25) is 0 Å². The van der Waals surface area contributed by atoms with E-state index in [-0.39, 0.29) is 5.91 Å². The molecule has 0 aliphatic heterocycles. The van der Waals surface area contributed by atoms with Crippen molar-refractivity contribution < 1.29 is 4.79 Å². The van der Waals surface area contributed by atoms with Crippen LogP contribution in [0.1, 0.15) is 22.2 Å². The Balaban J connectivity index is 1.81. The maximum absolute atomic E-state index is 13.1. The number of hydrogen-bond acceptors (Lipinski definition) is 2. The first-order valence-electron chi connectivity index (χ1n) is 9.66. The third-order valence-corrected chi connectivity index (χ3v) is 6.18. The highest BCUT2D eigenvalue weighted by Crippen LogP contribution is 2.26. The summed E-state index contributed by atoms with van der Waals surface area (Å²) in [6.07, 6.45) is 0.896. The zero-order valence-corrected chi connectivity index (χ0v) is 17.3. The quantitative estimate of drug-likeness (QED) is 0.433. The van der Waals surface area contributed by atoms with E-state index in [2.05, 4.69) is 24.0 Å². The molecule has 0 saturated heterocycles. The molecular formula is C25H22N2OS. The van der Waals surface area contributed by atoms with Gasteiger partial charge in [-0.15, -0.1) is 11.3 Å². The second kappa shape index (κ2) is 8.41. The van der Waals surface area contributed by atoms with E-state index >= 15 is 0 Å². The van der Waals surface area contributed by atoms with Crippen molar-refractivity contribution in [3.8, 4) is 22.4 Å². The fourth-order valence-electron chi connectivity index (χ4n) is 3.48. The van der Waals surface area contributed by atoms with Crippen LogP contribution >= 0.6 is 11.3 Å². The van der Waals surface area contributed by atoms with Gasteiger partial charge in [0.25, 0.3) is 5.91 Å². The average Bonchev–Trinajstić information content (AvgIpc) is 3.10. The van der Waals surface area contributed by atoms with Gasteiger partial charge in [-0.2, -0.15) is 4.99 Å². The van der Waals surface area contributed by atoms with Gasteiger partial charge in [-0.25, -0.2) is 0 Å². The van der Waals surface area contributed by atoms with Gasteiger partial charge in [-0.1, -0.05) is 85.8 Å². The first-order valence-corrected chi connectivity index (χ1v) is 10.5. The van der Waals surface area contributed by atoms with Crippen molar-refractivity contribution in [2.24, 2.45) is 12.0 Å². The Bertz CT molecular complexity index is 1200. The molecule has 1 amide bonds. The number of amides is 1. The van der Waals surface area contributed by atoms with Crippen molar-refractivity contribution in [1.82, 2.24) is 4.57 Å². The van der Waals surface area contributed by atoms with Crippen molar-refractivity contribution in [2.75, 3.05) is 0 Å². The Morgan fingerprint density at radius 2 is 1.45 bits per heavy atom. The topological polar surface area (TPSA) is 34.4 Å². The number of aromatic nitrogens is 1. The van der Waals surface area contributed by atoms with Crippen molar-refractivity contribution in [3.63, 3.8) is 0 Å². The molecule has 0 bridgehead atoms. The van der Waals surface area contributed by atoms with E-state index in [4.69, 9.17) is 0 Å². The Morgan fingerprint density at radius 1 is 0.862 bits per heavy atom. The molecule has 0 fully saturated rings. The smallest absolute Gasteiger partial charge is 0.280 e. The Labute approximate surface area is 174 Å². The van der Waals surface area contributed by atoms with Crippen LogP contribution < -0.4 is 4.80 Å². The van der Waals surface area contributed by atoms with Crippen LogP contribution in [0.3, 0.4) is 0 Å². The number of carbonyl (C=O) groups excluding carboxylic acids is 1. The lowest BCUT2D eigenvalue weighted by Crippen LogP contribution is -2.14. The molecule has 144 valence electrons. The maximum atomic E-state index is 13.1. The molecule has 0 spiro atoms. The summed E-state index contributed by atoms with van der Waals surface area (Å²) in [4.78, 5) is 19.6. The van der Waals surface area contributed by atoms with Crippen LogP contribution in [0, 0.1) is 0 Å². The maximum Gasteiger partial charge on any atom is 0.280 e. The van der Waals surface area contributed by atoms with Crippen LogP contribution in [0.15, 0.2) is 89.9 Å². The van der Waals surface area contributed by atoms with Crippen LogP contribution in [-0.2, 0) is 13.5 Å². The summed E-state index contributed by atoms with van der Waals surface area (Å²) in [6.45, 7) is 2.13. The monoisotopic (exact) mass is 398 g/mol.